The number of hydrogen-bond donors (Lipinski definition) is 3. The van der Waals surface area contributed by atoms with Gasteiger partial charge in [-0.2, -0.15) is 0 Å². The first-order valence-electron chi connectivity index (χ1n) is 8.97. The Morgan fingerprint density at radius 2 is 1.83 bits per heavy atom. The van der Waals surface area contributed by atoms with E-state index in [-0.39, 0.29) is 17.9 Å². The Bertz CT molecular complexity index is 602. The highest BCUT2D eigenvalue weighted by atomic mass is 16.2. The highest BCUT2D eigenvalue weighted by Crippen LogP contribution is 2.32. The van der Waals surface area contributed by atoms with E-state index in [1.165, 1.54) is 12.8 Å². The molecule has 1 aromatic rings. The van der Waals surface area contributed by atoms with E-state index in [1.807, 2.05) is 26.0 Å². The lowest BCUT2D eigenvalue weighted by Crippen LogP contribution is -2.39. The minimum Gasteiger partial charge on any atom is -0.350 e. The summed E-state index contributed by atoms with van der Waals surface area (Å²) in [6.45, 7) is 3.84. The summed E-state index contributed by atoms with van der Waals surface area (Å²) in [5.41, 5.74) is 1.11. The second-order valence-corrected chi connectivity index (χ2v) is 7.40. The van der Waals surface area contributed by atoms with Gasteiger partial charge in [-0.05, 0) is 57.6 Å². The van der Waals surface area contributed by atoms with Crippen LogP contribution in [0.15, 0.2) is 24.3 Å². The lowest BCUT2D eigenvalue weighted by Gasteiger charge is -2.28. The molecule has 2 bridgehead atoms. The van der Waals surface area contributed by atoms with Gasteiger partial charge < -0.3 is 16.0 Å². The van der Waals surface area contributed by atoms with E-state index in [0.29, 0.717) is 35.7 Å². The molecular formula is C19H27N3O2. The van der Waals surface area contributed by atoms with Crippen molar-refractivity contribution in [2.24, 2.45) is 5.92 Å². The van der Waals surface area contributed by atoms with Crippen LogP contribution < -0.4 is 16.0 Å². The van der Waals surface area contributed by atoms with Crippen molar-refractivity contribution in [3.63, 3.8) is 0 Å². The Kier molecular flexibility index (Phi) is 5.19. The standard InChI is InChI=1S/C19H27N3O2/c1-12(2)20-19(24)16-5-3-4-6-17(16)22-18(23)11-13-9-14-7-8-15(10-13)21-14/h3-6,12-15,21H,7-11H2,1-2H3,(H,20,24)(H,22,23). The zero-order valence-electron chi connectivity index (χ0n) is 14.5. The first-order valence-corrected chi connectivity index (χ1v) is 8.97. The number of fused-ring (bicyclic) bond motifs is 2. The molecular weight excluding hydrogens is 302 g/mol. The van der Waals surface area contributed by atoms with Crippen molar-refractivity contribution >= 4 is 17.5 Å². The third kappa shape index (κ3) is 4.15. The van der Waals surface area contributed by atoms with Crippen molar-refractivity contribution in [2.75, 3.05) is 5.32 Å². The van der Waals surface area contributed by atoms with Gasteiger partial charge in [0.15, 0.2) is 0 Å². The summed E-state index contributed by atoms with van der Waals surface area (Å²) < 4.78 is 0. The van der Waals surface area contributed by atoms with E-state index in [4.69, 9.17) is 0 Å². The molecule has 3 rings (SSSR count). The normalized spacial score (nSPS) is 25.5. The molecule has 24 heavy (non-hydrogen) atoms. The maximum Gasteiger partial charge on any atom is 0.253 e. The second-order valence-electron chi connectivity index (χ2n) is 7.40. The SMILES string of the molecule is CC(C)NC(=O)c1ccccc1NC(=O)CC1CC2CCC(C1)N2. The minimum absolute atomic E-state index is 0.00565. The predicted molar refractivity (Wildman–Crippen MR) is 95.0 cm³/mol. The lowest BCUT2D eigenvalue weighted by atomic mass is 9.89. The van der Waals surface area contributed by atoms with Crippen LogP contribution in [-0.2, 0) is 4.79 Å². The number of hydrogen-bond acceptors (Lipinski definition) is 3. The van der Waals surface area contributed by atoms with E-state index in [0.717, 1.165) is 12.8 Å². The van der Waals surface area contributed by atoms with Gasteiger partial charge in [0.05, 0.1) is 11.3 Å². The number of para-hydroxylation sites is 1. The van der Waals surface area contributed by atoms with Gasteiger partial charge in [0, 0.05) is 24.5 Å². The van der Waals surface area contributed by atoms with Gasteiger partial charge in [0.1, 0.15) is 0 Å². The van der Waals surface area contributed by atoms with E-state index < -0.39 is 0 Å². The van der Waals surface area contributed by atoms with Gasteiger partial charge >= 0.3 is 0 Å². The predicted octanol–water partition coefficient (Wildman–Crippen LogP) is 2.68. The molecule has 2 saturated heterocycles. The highest BCUT2D eigenvalue weighted by molar-refractivity contribution is 6.03. The minimum atomic E-state index is -0.152. The average Bonchev–Trinajstić information content (AvgIpc) is 2.85. The van der Waals surface area contributed by atoms with Crippen LogP contribution >= 0.6 is 0 Å². The first-order chi connectivity index (χ1) is 11.5. The summed E-state index contributed by atoms with van der Waals surface area (Å²) in [5, 5.41) is 9.42. The molecule has 2 aliphatic heterocycles. The molecule has 130 valence electrons. The van der Waals surface area contributed by atoms with Gasteiger partial charge in [-0.15, -0.1) is 0 Å². The molecule has 1 aromatic carbocycles. The Balaban J connectivity index is 1.61. The van der Waals surface area contributed by atoms with Gasteiger partial charge in [0.25, 0.3) is 5.91 Å². The molecule has 0 saturated carbocycles. The molecule has 5 heteroatoms. The van der Waals surface area contributed by atoms with Crippen molar-refractivity contribution in [3.8, 4) is 0 Å². The third-order valence-corrected chi connectivity index (χ3v) is 4.91. The van der Waals surface area contributed by atoms with Crippen molar-refractivity contribution in [3.05, 3.63) is 29.8 Å². The van der Waals surface area contributed by atoms with Crippen LogP contribution in [0.3, 0.4) is 0 Å². The molecule has 2 heterocycles. The highest BCUT2D eigenvalue weighted by Gasteiger charge is 2.34. The second kappa shape index (κ2) is 7.34. The quantitative estimate of drug-likeness (QED) is 0.778. The summed E-state index contributed by atoms with van der Waals surface area (Å²) in [6, 6.07) is 8.43. The number of anilines is 1. The van der Waals surface area contributed by atoms with Crippen molar-refractivity contribution in [2.45, 2.75) is 64.1 Å². The van der Waals surface area contributed by atoms with Crippen LogP contribution in [0, 0.1) is 5.92 Å². The fourth-order valence-electron chi connectivity index (χ4n) is 3.94. The Labute approximate surface area is 143 Å². The summed E-state index contributed by atoms with van der Waals surface area (Å²) in [7, 11) is 0. The van der Waals surface area contributed by atoms with Crippen LogP contribution in [0.5, 0.6) is 0 Å². The fourth-order valence-corrected chi connectivity index (χ4v) is 3.94. The van der Waals surface area contributed by atoms with Crippen molar-refractivity contribution < 1.29 is 9.59 Å². The van der Waals surface area contributed by atoms with Gasteiger partial charge in [-0.25, -0.2) is 0 Å². The Morgan fingerprint density at radius 3 is 2.50 bits per heavy atom. The number of carbonyl (C=O) groups is 2. The van der Waals surface area contributed by atoms with Crippen LogP contribution in [0.2, 0.25) is 0 Å². The topological polar surface area (TPSA) is 70.2 Å². The van der Waals surface area contributed by atoms with Crippen LogP contribution in [0.4, 0.5) is 5.69 Å². The molecule has 2 amide bonds. The molecule has 5 nitrogen and oxygen atoms in total. The molecule has 0 aromatic heterocycles. The number of benzene rings is 1. The van der Waals surface area contributed by atoms with Crippen LogP contribution in [-0.4, -0.2) is 29.9 Å². The molecule has 2 fully saturated rings. The fraction of sp³-hybridized carbons (Fsp3) is 0.579. The first kappa shape index (κ1) is 17.0. The zero-order valence-corrected chi connectivity index (χ0v) is 14.5. The van der Waals surface area contributed by atoms with Crippen LogP contribution in [0.1, 0.15) is 56.3 Å². The zero-order chi connectivity index (χ0) is 17.1. The third-order valence-electron chi connectivity index (χ3n) is 4.91. The molecule has 3 N–H and O–H groups in total. The van der Waals surface area contributed by atoms with E-state index >= 15 is 0 Å². The molecule has 0 spiro atoms. The Hall–Kier alpha value is -1.88. The van der Waals surface area contributed by atoms with Crippen molar-refractivity contribution in [1.29, 1.82) is 0 Å². The maximum absolute atomic E-state index is 12.4. The monoisotopic (exact) mass is 329 g/mol. The number of amides is 2. The molecule has 2 unspecified atom stereocenters. The van der Waals surface area contributed by atoms with Gasteiger partial charge in [-0.3, -0.25) is 9.59 Å². The number of rotatable bonds is 5. The summed E-state index contributed by atoms with van der Waals surface area (Å²) in [4.78, 5) is 24.7. The van der Waals surface area contributed by atoms with E-state index in [2.05, 4.69) is 16.0 Å². The number of nitrogens with one attached hydrogen (secondary N) is 3. The van der Waals surface area contributed by atoms with Gasteiger partial charge in [0.2, 0.25) is 5.91 Å². The molecule has 0 radical (unpaired) electrons. The smallest absolute Gasteiger partial charge is 0.253 e. The average molecular weight is 329 g/mol. The lowest BCUT2D eigenvalue weighted by molar-refractivity contribution is -0.117. The maximum atomic E-state index is 12.4. The van der Waals surface area contributed by atoms with Crippen molar-refractivity contribution in [1.82, 2.24) is 10.6 Å². The summed E-state index contributed by atoms with van der Waals surface area (Å²) in [6.07, 6.45) is 5.18. The van der Waals surface area contributed by atoms with E-state index in [9.17, 15) is 9.59 Å². The summed E-state index contributed by atoms with van der Waals surface area (Å²) in [5.74, 6) is 0.298. The molecule has 0 aliphatic carbocycles. The Morgan fingerprint density at radius 1 is 1.17 bits per heavy atom. The van der Waals surface area contributed by atoms with Gasteiger partial charge in [-0.1, -0.05) is 12.1 Å². The van der Waals surface area contributed by atoms with E-state index in [1.54, 1.807) is 12.1 Å². The number of piperidine rings is 1. The molecule has 2 atom stereocenters. The largest absolute Gasteiger partial charge is 0.350 e. The van der Waals surface area contributed by atoms with Crippen LogP contribution in [0.25, 0.3) is 0 Å². The number of carbonyl (C=O) groups excluding carboxylic acids is 2. The molecule has 2 aliphatic rings. The summed E-state index contributed by atoms with van der Waals surface area (Å²) >= 11 is 0.